The van der Waals surface area contributed by atoms with Gasteiger partial charge in [0.25, 0.3) is 5.91 Å². The summed E-state index contributed by atoms with van der Waals surface area (Å²) >= 11 is 1.59. The second kappa shape index (κ2) is 5.02. The Balaban J connectivity index is 2.07. The minimum atomic E-state index is -0.600. The van der Waals surface area contributed by atoms with Crippen molar-refractivity contribution in [3.63, 3.8) is 0 Å². The van der Waals surface area contributed by atoms with Gasteiger partial charge in [0.05, 0.1) is 10.5 Å². The van der Waals surface area contributed by atoms with Crippen molar-refractivity contribution in [1.29, 1.82) is 0 Å². The number of carbonyl (C=O) groups is 1. The first kappa shape index (κ1) is 13.6. The fourth-order valence-corrected chi connectivity index (χ4v) is 3.41. The van der Waals surface area contributed by atoms with Gasteiger partial charge in [-0.3, -0.25) is 4.79 Å². The van der Waals surface area contributed by atoms with Gasteiger partial charge in [-0.1, -0.05) is 6.92 Å². The van der Waals surface area contributed by atoms with E-state index in [1.165, 1.54) is 10.4 Å². The van der Waals surface area contributed by atoms with Crippen LogP contribution in [-0.4, -0.2) is 34.6 Å². The lowest BCUT2D eigenvalue weighted by Crippen LogP contribution is -2.44. The van der Waals surface area contributed by atoms with E-state index in [0.29, 0.717) is 25.9 Å². The molecule has 1 saturated heterocycles. The molecule has 0 aliphatic carbocycles. The minimum Gasteiger partial charge on any atom is -0.390 e. The number of aryl methyl sites for hydroxylation is 2. The Labute approximate surface area is 112 Å². The molecule has 4 heteroatoms. The molecular formula is C14H21NO2S. The van der Waals surface area contributed by atoms with Gasteiger partial charge in [-0.15, -0.1) is 11.3 Å². The highest BCUT2D eigenvalue weighted by atomic mass is 32.1. The Kier molecular flexibility index (Phi) is 3.78. The first-order valence-corrected chi connectivity index (χ1v) is 7.35. The second-order valence-corrected chi connectivity index (χ2v) is 6.59. The molecule has 1 aliphatic rings. The topological polar surface area (TPSA) is 40.5 Å². The van der Waals surface area contributed by atoms with Gasteiger partial charge in [0.15, 0.2) is 0 Å². The Morgan fingerprint density at radius 1 is 1.50 bits per heavy atom. The van der Waals surface area contributed by atoms with Gasteiger partial charge in [-0.05, 0) is 44.7 Å². The zero-order chi connectivity index (χ0) is 13.3. The van der Waals surface area contributed by atoms with Gasteiger partial charge < -0.3 is 10.0 Å². The number of hydrogen-bond acceptors (Lipinski definition) is 3. The molecule has 1 amide bonds. The molecule has 18 heavy (non-hydrogen) atoms. The molecular weight excluding hydrogens is 246 g/mol. The molecule has 0 bridgehead atoms. The van der Waals surface area contributed by atoms with Crippen LogP contribution in [0.5, 0.6) is 0 Å². The lowest BCUT2D eigenvalue weighted by Gasteiger charge is -2.35. The zero-order valence-electron chi connectivity index (χ0n) is 11.3. The average molecular weight is 267 g/mol. The van der Waals surface area contributed by atoms with Crippen LogP contribution in [-0.2, 0) is 6.42 Å². The van der Waals surface area contributed by atoms with Gasteiger partial charge in [0.1, 0.15) is 0 Å². The molecule has 1 fully saturated rings. The van der Waals surface area contributed by atoms with Crippen LogP contribution in [0.4, 0.5) is 0 Å². The van der Waals surface area contributed by atoms with Crippen LogP contribution in [0.25, 0.3) is 0 Å². The summed E-state index contributed by atoms with van der Waals surface area (Å²) in [4.78, 5) is 16.3. The fraction of sp³-hybridized carbons (Fsp3) is 0.643. The van der Waals surface area contributed by atoms with E-state index < -0.39 is 5.60 Å². The monoisotopic (exact) mass is 267 g/mol. The molecule has 0 unspecified atom stereocenters. The van der Waals surface area contributed by atoms with Crippen molar-refractivity contribution in [3.8, 4) is 0 Å². The Morgan fingerprint density at radius 2 is 2.11 bits per heavy atom. The van der Waals surface area contributed by atoms with Crippen molar-refractivity contribution in [1.82, 2.24) is 4.90 Å². The normalized spacial score (nSPS) is 19.0. The fourth-order valence-electron chi connectivity index (χ4n) is 2.32. The van der Waals surface area contributed by atoms with Crippen molar-refractivity contribution in [2.45, 2.75) is 45.6 Å². The van der Waals surface area contributed by atoms with Crippen LogP contribution < -0.4 is 0 Å². The van der Waals surface area contributed by atoms with Crippen molar-refractivity contribution in [2.24, 2.45) is 0 Å². The summed E-state index contributed by atoms with van der Waals surface area (Å²) in [5, 5.41) is 9.90. The van der Waals surface area contributed by atoms with Crippen molar-refractivity contribution in [3.05, 3.63) is 21.4 Å². The molecule has 0 aromatic carbocycles. The van der Waals surface area contributed by atoms with Crippen molar-refractivity contribution < 1.29 is 9.90 Å². The zero-order valence-corrected chi connectivity index (χ0v) is 12.1. The maximum absolute atomic E-state index is 12.3. The Bertz CT molecular complexity index is 441. The summed E-state index contributed by atoms with van der Waals surface area (Å²) in [5.74, 6) is 0.123. The van der Waals surface area contributed by atoms with Gasteiger partial charge in [-0.2, -0.15) is 0 Å². The third-order valence-electron chi connectivity index (χ3n) is 3.74. The second-order valence-electron chi connectivity index (χ2n) is 5.33. The first-order chi connectivity index (χ1) is 8.43. The number of thiophene rings is 1. The number of nitrogens with zero attached hydrogens (tertiary/aromatic N) is 1. The molecule has 1 aromatic rings. The van der Waals surface area contributed by atoms with Crippen LogP contribution in [0.3, 0.4) is 0 Å². The van der Waals surface area contributed by atoms with Gasteiger partial charge in [0.2, 0.25) is 0 Å². The number of hydrogen-bond donors (Lipinski definition) is 1. The predicted octanol–water partition coefficient (Wildman–Crippen LogP) is 2.61. The molecule has 1 aliphatic heterocycles. The lowest BCUT2D eigenvalue weighted by atomic mass is 9.94. The third-order valence-corrected chi connectivity index (χ3v) is 4.82. The number of carbonyl (C=O) groups excluding carboxylic acids is 1. The highest BCUT2D eigenvalue weighted by Gasteiger charge is 2.30. The van der Waals surface area contributed by atoms with Crippen LogP contribution in [0, 0.1) is 6.92 Å². The Hall–Kier alpha value is -0.870. The van der Waals surface area contributed by atoms with Crippen molar-refractivity contribution >= 4 is 17.2 Å². The van der Waals surface area contributed by atoms with E-state index >= 15 is 0 Å². The third kappa shape index (κ3) is 2.75. The molecule has 0 saturated carbocycles. The minimum absolute atomic E-state index is 0.123. The Morgan fingerprint density at radius 3 is 2.61 bits per heavy atom. The van der Waals surface area contributed by atoms with E-state index in [-0.39, 0.29) is 5.91 Å². The predicted molar refractivity (Wildman–Crippen MR) is 74.2 cm³/mol. The van der Waals surface area contributed by atoms with E-state index in [9.17, 15) is 9.90 Å². The highest BCUT2D eigenvalue weighted by Crippen LogP contribution is 2.26. The smallest absolute Gasteiger partial charge is 0.263 e. The van der Waals surface area contributed by atoms with Gasteiger partial charge in [0, 0.05) is 18.0 Å². The number of likely N-dealkylation sites (tertiary alicyclic amines) is 1. The molecule has 100 valence electrons. The summed E-state index contributed by atoms with van der Waals surface area (Å²) in [5.41, 5.74) is 0.670. The molecule has 0 radical (unpaired) electrons. The maximum atomic E-state index is 12.3. The van der Waals surface area contributed by atoms with E-state index in [4.69, 9.17) is 0 Å². The maximum Gasteiger partial charge on any atom is 0.263 e. The van der Waals surface area contributed by atoms with Crippen LogP contribution >= 0.6 is 11.3 Å². The molecule has 1 N–H and O–H groups in total. The van der Waals surface area contributed by atoms with E-state index in [0.717, 1.165) is 11.3 Å². The summed E-state index contributed by atoms with van der Waals surface area (Å²) in [6.07, 6.45) is 2.32. The summed E-state index contributed by atoms with van der Waals surface area (Å²) in [6, 6.07) is 2.02. The van der Waals surface area contributed by atoms with Gasteiger partial charge >= 0.3 is 0 Å². The molecule has 0 spiro atoms. The van der Waals surface area contributed by atoms with Gasteiger partial charge in [-0.25, -0.2) is 0 Å². The number of aliphatic hydroxyl groups is 1. The van der Waals surface area contributed by atoms with Crippen molar-refractivity contribution in [2.75, 3.05) is 13.1 Å². The van der Waals surface area contributed by atoms with Crippen LogP contribution in [0.2, 0.25) is 0 Å². The largest absolute Gasteiger partial charge is 0.390 e. The summed E-state index contributed by atoms with van der Waals surface area (Å²) < 4.78 is 0. The van der Waals surface area contributed by atoms with E-state index in [1.807, 2.05) is 17.9 Å². The standard InChI is InChI=1S/C14H21NO2S/c1-4-11-9-12(18-10(11)2)13(16)15-7-5-14(3,17)6-8-15/h9,17H,4-8H2,1-3H3. The average Bonchev–Trinajstić information content (AvgIpc) is 2.69. The number of piperidine rings is 1. The van der Waals surface area contributed by atoms with Crippen LogP contribution in [0.15, 0.2) is 6.07 Å². The van der Waals surface area contributed by atoms with Crippen LogP contribution in [0.1, 0.15) is 46.8 Å². The quantitative estimate of drug-likeness (QED) is 0.895. The number of rotatable bonds is 2. The molecule has 0 atom stereocenters. The molecule has 2 rings (SSSR count). The first-order valence-electron chi connectivity index (χ1n) is 6.54. The summed E-state index contributed by atoms with van der Waals surface area (Å²) in [7, 11) is 0. The lowest BCUT2D eigenvalue weighted by molar-refractivity contribution is -0.00188. The molecule has 2 heterocycles. The molecule has 3 nitrogen and oxygen atoms in total. The SMILES string of the molecule is CCc1cc(C(=O)N2CCC(C)(O)CC2)sc1C. The van der Waals surface area contributed by atoms with E-state index in [2.05, 4.69) is 13.8 Å². The number of amides is 1. The van der Waals surface area contributed by atoms with E-state index in [1.54, 1.807) is 11.3 Å². The highest BCUT2D eigenvalue weighted by molar-refractivity contribution is 7.14. The summed E-state index contributed by atoms with van der Waals surface area (Å²) in [6.45, 7) is 7.34. The molecule has 1 aromatic heterocycles.